The molecule has 27 heavy (non-hydrogen) atoms. The second-order valence-electron chi connectivity index (χ2n) is 6.99. The first-order chi connectivity index (χ1) is 13.1. The van der Waals surface area contributed by atoms with Crippen LogP contribution in [-0.4, -0.2) is 37.6 Å². The Bertz CT molecular complexity index is 800. The first-order valence-corrected chi connectivity index (χ1v) is 9.40. The van der Waals surface area contributed by atoms with Gasteiger partial charge in [-0.1, -0.05) is 12.5 Å². The Labute approximate surface area is 160 Å². The lowest BCUT2D eigenvalue weighted by molar-refractivity contribution is 0.0860. The molecule has 0 saturated carbocycles. The van der Waals surface area contributed by atoms with E-state index in [-0.39, 0.29) is 17.6 Å². The summed E-state index contributed by atoms with van der Waals surface area (Å²) in [4.78, 5) is 0. The number of aromatic hydroxyl groups is 2. The van der Waals surface area contributed by atoms with Gasteiger partial charge in [-0.05, 0) is 61.4 Å². The van der Waals surface area contributed by atoms with Crippen LogP contribution < -0.4 is 9.47 Å². The Morgan fingerprint density at radius 2 is 1.63 bits per heavy atom. The van der Waals surface area contributed by atoms with Crippen LogP contribution in [0.3, 0.4) is 0 Å². The fraction of sp³-hybridized carbons (Fsp3) is 0.455. The summed E-state index contributed by atoms with van der Waals surface area (Å²) in [5, 5.41) is 21.2. The van der Waals surface area contributed by atoms with Crippen LogP contribution in [0.4, 0.5) is 0 Å². The summed E-state index contributed by atoms with van der Waals surface area (Å²) in [6.45, 7) is 0. The quantitative estimate of drug-likeness (QED) is 0.833. The minimum atomic E-state index is 0.104. The van der Waals surface area contributed by atoms with Crippen molar-refractivity contribution in [1.82, 2.24) is 0 Å². The van der Waals surface area contributed by atoms with Crippen LogP contribution in [0.2, 0.25) is 0 Å². The third-order valence-corrected chi connectivity index (χ3v) is 5.36. The smallest absolute Gasteiger partial charge is 0.203 e. The van der Waals surface area contributed by atoms with Crippen molar-refractivity contribution in [1.29, 1.82) is 0 Å². The molecule has 5 heteroatoms. The number of rotatable bonds is 3. The third-order valence-electron chi connectivity index (χ3n) is 5.36. The summed E-state index contributed by atoms with van der Waals surface area (Å²) < 4.78 is 16.6. The minimum absolute atomic E-state index is 0.104. The van der Waals surface area contributed by atoms with Crippen LogP contribution in [0.25, 0.3) is 11.1 Å². The molecule has 0 saturated heterocycles. The van der Waals surface area contributed by atoms with E-state index in [0.29, 0.717) is 17.1 Å². The molecule has 0 heterocycles. The summed E-state index contributed by atoms with van der Waals surface area (Å²) in [6, 6.07) is 7.54. The number of methoxy groups -OCH3 is 3. The molecule has 2 aromatic carbocycles. The number of phenolic OH excluding ortho intramolecular Hbond substituents is 2. The summed E-state index contributed by atoms with van der Waals surface area (Å²) in [7, 11) is 4.81. The van der Waals surface area contributed by atoms with Crippen molar-refractivity contribution < 1.29 is 24.4 Å². The molecule has 0 radical (unpaired) electrons. The fourth-order valence-electron chi connectivity index (χ4n) is 3.82. The maximum absolute atomic E-state index is 10.7. The number of hydrogen-bond donors (Lipinski definition) is 2. The van der Waals surface area contributed by atoms with Gasteiger partial charge in [0.1, 0.15) is 5.75 Å². The van der Waals surface area contributed by atoms with Gasteiger partial charge in [-0.2, -0.15) is 0 Å². The average molecular weight is 372 g/mol. The molecule has 0 spiro atoms. The van der Waals surface area contributed by atoms with Gasteiger partial charge in [-0.25, -0.2) is 0 Å². The van der Waals surface area contributed by atoms with Gasteiger partial charge < -0.3 is 24.4 Å². The predicted octanol–water partition coefficient (Wildman–Crippen LogP) is 4.46. The standard InChI is InChI=1S/C22H28O5/c1-25-16-7-5-4-6-15-13-18(21(26-2)22(27-3)20(15)24)17-12-14(8-10-16)9-11-19(17)23/h9,11-13,16,23-24H,4-8,10H2,1-3H3. The molecule has 4 bridgehead atoms. The molecule has 0 aliphatic heterocycles. The molecule has 2 aromatic rings. The number of benzene rings is 2. The highest BCUT2D eigenvalue weighted by Crippen LogP contribution is 2.48. The summed E-state index contributed by atoms with van der Waals surface area (Å²) in [5.41, 5.74) is 3.32. The van der Waals surface area contributed by atoms with E-state index in [1.54, 1.807) is 20.3 Å². The SMILES string of the molecule is COc1c2cc(c(O)c1OC)CCCCC(OC)CCc1ccc(O)c-2c1. The Kier molecular flexibility index (Phi) is 6.11. The van der Waals surface area contributed by atoms with E-state index in [0.717, 1.165) is 55.2 Å². The number of fused-ring (bicyclic) bond motifs is 5. The molecule has 5 nitrogen and oxygen atoms in total. The Morgan fingerprint density at radius 1 is 0.852 bits per heavy atom. The van der Waals surface area contributed by atoms with Gasteiger partial charge in [0.05, 0.1) is 20.3 Å². The average Bonchev–Trinajstić information content (AvgIpc) is 2.69. The van der Waals surface area contributed by atoms with Crippen LogP contribution in [0.15, 0.2) is 24.3 Å². The van der Waals surface area contributed by atoms with E-state index in [9.17, 15) is 10.2 Å². The Hall–Kier alpha value is -2.40. The van der Waals surface area contributed by atoms with Crippen molar-refractivity contribution in [3.63, 3.8) is 0 Å². The zero-order valence-corrected chi connectivity index (χ0v) is 16.2. The minimum Gasteiger partial charge on any atom is -0.507 e. The van der Waals surface area contributed by atoms with E-state index in [1.165, 1.54) is 7.11 Å². The second kappa shape index (κ2) is 8.53. The molecular formula is C22H28O5. The summed E-state index contributed by atoms with van der Waals surface area (Å²) in [5.74, 6) is 1.01. The van der Waals surface area contributed by atoms with Crippen molar-refractivity contribution in [3.8, 4) is 34.1 Å². The van der Waals surface area contributed by atoms with Gasteiger partial charge in [0.2, 0.25) is 5.75 Å². The van der Waals surface area contributed by atoms with Crippen LogP contribution in [0.5, 0.6) is 23.0 Å². The fourth-order valence-corrected chi connectivity index (χ4v) is 3.82. The summed E-state index contributed by atoms with van der Waals surface area (Å²) in [6.07, 6.45) is 5.68. The maximum Gasteiger partial charge on any atom is 0.203 e. The van der Waals surface area contributed by atoms with E-state index in [2.05, 4.69) is 0 Å². The van der Waals surface area contributed by atoms with Crippen LogP contribution in [0, 0.1) is 0 Å². The van der Waals surface area contributed by atoms with Crippen molar-refractivity contribution >= 4 is 0 Å². The predicted molar refractivity (Wildman–Crippen MR) is 105 cm³/mol. The normalized spacial score (nSPS) is 17.4. The van der Waals surface area contributed by atoms with Crippen LogP contribution >= 0.6 is 0 Å². The molecule has 0 fully saturated rings. The molecule has 1 unspecified atom stereocenters. The van der Waals surface area contributed by atoms with Gasteiger partial charge in [0, 0.05) is 18.2 Å². The number of phenols is 2. The first kappa shape index (κ1) is 19.4. The molecule has 2 N–H and O–H groups in total. The van der Waals surface area contributed by atoms with Crippen LogP contribution in [0.1, 0.15) is 36.8 Å². The van der Waals surface area contributed by atoms with E-state index >= 15 is 0 Å². The number of hydrogen-bond acceptors (Lipinski definition) is 5. The lowest BCUT2D eigenvalue weighted by Gasteiger charge is -2.18. The molecule has 1 atom stereocenters. The lowest BCUT2D eigenvalue weighted by Crippen LogP contribution is -2.11. The lowest BCUT2D eigenvalue weighted by atomic mass is 9.95. The Balaban J connectivity index is 2.18. The highest BCUT2D eigenvalue weighted by Gasteiger charge is 2.23. The molecule has 0 aromatic heterocycles. The molecule has 146 valence electrons. The van der Waals surface area contributed by atoms with Crippen molar-refractivity contribution in [2.75, 3.05) is 21.3 Å². The molecule has 3 rings (SSSR count). The molecular weight excluding hydrogens is 344 g/mol. The van der Waals surface area contributed by atoms with Crippen molar-refractivity contribution in [2.24, 2.45) is 0 Å². The molecule has 1 aliphatic rings. The van der Waals surface area contributed by atoms with Crippen molar-refractivity contribution in [3.05, 3.63) is 35.4 Å². The largest absolute Gasteiger partial charge is 0.507 e. The van der Waals surface area contributed by atoms with E-state index < -0.39 is 0 Å². The maximum atomic E-state index is 10.7. The number of ether oxygens (including phenoxy) is 3. The monoisotopic (exact) mass is 372 g/mol. The third kappa shape index (κ3) is 3.98. The highest BCUT2D eigenvalue weighted by atomic mass is 16.5. The van der Waals surface area contributed by atoms with Gasteiger partial charge in [0.25, 0.3) is 0 Å². The molecule has 1 aliphatic carbocycles. The van der Waals surface area contributed by atoms with Crippen molar-refractivity contribution in [2.45, 2.75) is 44.6 Å². The van der Waals surface area contributed by atoms with Gasteiger partial charge in [-0.15, -0.1) is 0 Å². The zero-order chi connectivity index (χ0) is 19.4. The van der Waals surface area contributed by atoms with E-state index in [4.69, 9.17) is 14.2 Å². The van der Waals surface area contributed by atoms with Gasteiger partial charge >= 0.3 is 0 Å². The second-order valence-corrected chi connectivity index (χ2v) is 6.99. The van der Waals surface area contributed by atoms with Gasteiger partial charge in [-0.3, -0.25) is 0 Å². The zero-order valence-electron chi connectivity index (χ0n) is 16.2. The Morgan fingerprint density at radius 3 is 2.33 bits per heavy atom. The summed E-state index contributed by atoms with van der Waals surface area (Å²) >= 11 is 0. The van der Waals surface area contributed by atoms with E-state index in [1.807, 2.05) is 18.2 Å². The van der Waals surface area contributed by atoms with Crippen LogP contribution in [-0.2, 0) is 17.6 Å². The first-order valence-electron chi connectivity index (χ1n) is 9.40. The van der Waals surface area contributed by atoms with Gasteiger partial charge in [0.15, 0.2) is 11.5 Å². The number of aryl methyl sites for hydroxylation is 2. The highest BCUT2D eigenvalue weighted by molar-refractivity contribution is 5.81. The topological polar surface area (TPSA) is 68.2 Å². The molecule has 0 amide bonds.